The summed E-state index contributed by atoms with van der Waals surface area (Å²) in [6.07, 6.45) is 3.54. The fourth-order valence-electron chi connectivity index (χ4n) is 1.80. The van der Waals surface area contributed by atoms with Crippen LogP contribution in [0, 0.1) is 0 Å². The van der Waals surface area contributed by atoms with E-state index < -0.39 is 11.9 Å². The zero-order chi connectivity index (χ0) is 12.8. The van der Waals surface area contributed by atoms with Crippen LogP contribution in [0.1, 0.15) is 52.5 Å². The number of aryl methyl sites for hydroxylation is 1. The normalized spacial score (nSPS) is 10.2. The van der Waals surface area contributed by atoms with Crippen LogP contribution in [-0.2, 0) is 6.42 Å². The minimum atomic E-state index is -1.19. The van der Waals surface area contributed by atoms with Gasteiger partial charge in [-0.1, -0.05) is 31.9 Å². The Balaban J connectivity index is 3.07. The molecule has 0 heterocycles. The van der Waals surface area contributed by atoms with E-state index >= 15 is 0 Å². The molecule has 0 saturated heterocycles. The Labute approximate surface area is 99.9 Å². The Morgan fingerprint density at radius 3 is 2.35 bits per heavy atom. The van der Waals surface area contributed by atoms with Gasteiger partial charge < -0.3 is 10.2 Å². The molecule has 0 radical (unpaired) electrons. The first-order valence-electron chi connectivity index (χ1n) is 5.66. The first-order chi connectivity index (χ1) is 8.07. The van der Waals surface area contributed by atoms with E-state index in [2.05, 4.69) is 6.92 Å². The second kappa shape index (κ2) is 6.03. The molecule has 0 spiro atoms. The van der Waals surface area contributed by atoms with Gasteiger partial charge in [0.05, 0.1) is 11.1 Å². The number of rotatable bonds is 6. The van der Waals surface area contributed by atoms with Gasteiger partial charge in [-0.2, -0.15) is 0 Å². The molecule has 17 heavy (non-hydrogen) atoms. The summed E-state index contributed by atoms with van der Waals surface area (Å²) in [5.41, 5.74) is 0.397. The fourth-order valence-corrected chi connectivity index (χ4v) is 1.80. The summed E-state index contributed by atoms with van der Waals surface area (Å²) in [5, 5.41) is 18.0. The van der Waals surface area contributed by atoms with Crippen LogP contribution in [0.4, 0.5) is 0 Å². The monoisotopic (exact) mass is 236 g/mol. The summed E-state index contributed by atoms with van der Waals surface area (Å²) in [6, 6.07) is 4.61. The molecule has 4 nitrogen and oxygen atoms in total. The highest BCUT2D eigenvalue weighted by Gasteiger charge is 2.19. The first kappa shape index (κ1) is 13.2. The maximum atomic E-state index is 11.1. The maximum Gasteiger partial charge on any atom is 0.336 e. The molecule has 1 rings (SSSR count). The second-order valence-electron chi connectivity index (χ2n) is 3.91. The van der Waals surface area contributed by atoms with Gasteiger partial charge in [0.25, 0.3) is 0 Å². The molecule has 0 aliphatic rings. The number of benzene rings is 1. The van der Waals surface area contributed by atoms with Crippen LogP contribution in [-0.4, -0.2) is 22.2 Å². The first-order valence-corrected chi connectivity index (χ1v) is 5.66. The predicted molar refractivity (Wildman–Crippen MR) is 63.6 cm³/mol. The number of hydrogen-bond donors (Lipinski definition) is 2. The molecule has 0 bridgehead atoms. The smallest absolute Gasteiger partial charge is 0.336 e. The molecule has 0 amide bonds. The minimum absolute atomic E-state index is 0.0731. The quantitative estimate of drug-likeness (QED) is 0.745. The second-order valence-corrected chi connectivity index (χ2v) is 3.91. The Morgan fingerprint density at radius 2 is 1.82 bits per heavy atom. The fraction of sp³-hybridized carbons (Fsp3) is 0.385. The van der Waals surface area contributed by atoms with E-state index in [1.165, 1.54) is 6.07 Å². The molecule has 0 unspecified atom stereocenters. The standard InChI is InChI=1S/C13H16O4/c1-2-3-4-6-9-7-5-8-10(12(14)15)11(9)13(16)17/h5,7-8H,2-4,6H2,1H3,(H,14,15)(H,16,17). The van der Waals surface area contributed by atoms with Crippen LogP contribution >= 0.6 is 0 Å². The maximum absolute atomic E-state index is 11.1. The van der Waals surface area contributed by atoms with Crippen molar-refractivity contribution in [1.29, 1.82) is 0 Å². The summed E-state index contributed by atoms with van der Waals surface area (Å²) in [6.45, 7) is 2.06. The number of unbranched alkanes of at least 4 members (excludes halogenated alkanes) is 2. The minimum Gasteiger partial charge on any atom is -0.478 e. The van der Waals surface area contributed by atoms with Gasteiger partial charge in [-0.3, -0.25) is 0 Å². The molecule has 2 N–H and O–H groups in total. The molecule has 0 fully saturated rings. The zero-order valence-electron chi connectivity index (χ0n) is 9.77. The van der Waals surface area contributed by atoms with Crippen LogP contribution in [0.25, 0.3) is 0 Å². The van der Waals surface area contributed by atoms with Crippen molar-refractivity contribution < 1.29 is 19.8 Å². The third-order valence-corrected chi connectivity index (χ3v) is 2.64. The van der Waals surface area contributed by atoms with Gasteiger partial charge in [0.15, 0.2) is 0 Å². The van der Waals surface area contributed by atoms with E-state index in [4.69, 9.17) is 10.2 Å². The van der Waals surface area contributed by atoms with Crippen LogP contribution in [0.3, 0.4) is 0 Å². The Morgan fingerprint density at radius 1 is 1.12 bits per heavy atom. The van der Waals surface area contributed by atoms with E-state index in [-0.39, 0.29) is 11.1 Å². The SMILES string of the molecule is CCCCCc1cccc(C(=O)O)c1C(=O)O. The summed E-state index contributed by atoms with van der Waals surface area (Å²) < 4.78 is 0. The van der Waals surface area contributed by atoms with Gasteiger partial charge in [0, 0.05) is 0 Å². The van der Waals surface area contributed by atoms with Crippen molar-refractivity contribution in [3.63, 3.8) is 0 Å². The molecule has 0 aliphatic heterocycles. The van der Waals surface area contributed by atoms with Crippen LogP contribution < -0.4 is 0 Å². The van der Waals surface area contributed by atoms with Gasteiger partial charge in [0.1, 0.15) is 0 Å². The van der Waals surface area contributed by atoms with Gasteiger partial charge in [-0.15, -0.1) is 0 Å². The highest BCUT2D eigenvalue weighted by Crippen LogP contribution is 2.18. The molecular weight excluding hydrogens is 220 g/mol. The number of hydrogen-bond acceptors (Lipinski definition) is 2. The lowest BCUT2D eigenvalue weighted by atomic mass is 9.97. The molecule has 4 heteroatoms. The van der Waals surface area contributed by atoms with Gasteiger partial charge in [0.2, 0.25) is 0 Å². The lowest BCUT2D eigenvalue weighted by Gasteiger charge is -2.08. The van der Waals surface area contributed by atoms with Crippen molar-refractivity contribution in [2.75, 3.05) is 0 Å². The van der Waals surface area contributed by atoms with Crippen molar-refractivity contribution in [3.05, 3.63) is 34.9 Å². The van der Waals surface area contributed by atoms with Gasteiger partial charge in [-0.05, 0) is 24.5 Å². The van der Waals surface area contributed by atoms with Gasteiger partial charge >= 0.3 is 11.9 Å². The summed E-state index contributed by atoms with van der Waals surface area (Å²) in [5.74, 6) is -2.37. The van der Waals surface area contributed by atoms with Crippen molar-refractivity contribution in [3.8, 4) is 0 Å². The number of carboxylic acid groups (broad SMARTS) is 2. The number of carboxylic acids is 2. The molecule has 0 aliphatic carbocycles. The van der Waals surface area contributed by atoms with Crippen LogP contribution in [0.15, 0.2) is 18.2 Å². The largest absolute Gasteiger partial charge is 0.478 e. The third kappa shape index (κ3) is 3.31. The lowest BCUT2D eigenvalue weighted by molar-refractivity contribution is 0.0650. The van der Waals surface area contributed by atoms with E-state index in [9.17, 15) is 9.59 Å². The Hall–Kier alpha value is -1.84. The summed E-state index contributed by atoms with van der Waals surface area (Å²) in [4.78, 5) is 22.1. The highest BCUT2D eigenvalue weighted by atomic mass is 16.4. The van der Waals surface area contributed by atoms with E-state index in [0.717, 1.165) is 19.3 Å². The third-order valence-electron chi connectivity index (χ3n) is 2.64. The van der Waals surface area contributed by atoms with E-state index in [1.807, 2.05) is 0 Å². The lowest BCUT2D eigenvalue weighted by Crippen LogP contribution is -2.11. The van der Waals surface area contributed by atoms with Gasteiger partial charge in [-0.25, -0.2) is 9.59 Å². The molecule has 0 saturated carbocycles. The topological polar surface area (TPSA) is 74.6 Å². The molecule has 92 valence electrons. The van der Waals surface area contributed by atoms with Crippen molar-refractivity contribution >= 4 is 11.9 Å². The predicted octanol–water partition coefficient (Wildman–Crippen LogP) is 2.82. The van der Waals surface area contributed by atoms with Crippen molar-refractivity contribution in [2.45, 2.75) is 32.6 Å². The van der Waals surface area contributed by atoms with Crippen LogP contribution in [0.2, 0.25) is 0 Å². The Kier molecular flexibility index (Phi) is 4.69. The van der Waals surface area contributed by atoms with Crippen molar-refractivity contribution in [1.82, 2.24) is 0 Å². The summed E-state index contributed by atoms with van der Waals surface area (Å²) >= 11 is 0. The molecule has 0 atom stereocenters. The van der Waals surface area contributed by atoms with Crippen LogP contribution in [0.5, 0.6) is 0 Å². The van der Waals surface area contributed by atoms with E-state index in [0.29, 0.717) is 12.0 Å². The summed E-state index contributed by atoms with van der Waals surface area (Å²) in [7, 11) is 0. The molecular formula is C13H16O4. The van der Waals surface area contributed by atoms with E-state index in [1.54, 1.807) is 12.1 Å². The molecule has 0 aromatic heterocycles. The molecule has 1 aromatic carbocycles. The zero-order valence-corrected chi connectivity index (χ0v) is 9.77. The number of carbonyl (C=O) groups is 2. The number of aromatic carboxylic acids is 2. The van der Waals surface area contributed by atoms with Crippen molar-refractivity contribution in [2.24, 2.45) is 0 Å². The highest BCUT2D eigenvalue weighted by molar-refractivity contribution is 6.02. The Bertz CT molecular complexity index is 423. The average molecular weight is 236 g/mol. The molecule has 1 aromatic rings. The average Bonchev–Trinajstić information content (AvgIpc) is 2.28.